The zero-order chi connectivity index (χ0) is 20.2. The quantitative estimate of drug-likeness (QED) is 0.624. The maximum Gasteiger partial charge on any atom is 0.263 e. The minimum Gasteiger partial charge on any atom is -0.355 e. The second-order valence-electron chi connectivity index (χ2n) is 7.32. The third-order valence-corrected chi connectivity index (χ3v) is 6.13. The minimum absolute atomic E-state index is 0.0483. The van der Waals surface area contributed by atoms with Crippen LogP contribution in [0.1, 0.15) is 24.1 Å². The minimum atomic E-state index is -0.0483. The maximum absolute atomic E-state index is 12.7. The fraction of sp³-hybridized carbons (Fsp3) is 0.429. The average molecular weight is 412 g/mol. The number of piperidine rings is 1. The molecule has 1 aromatic carbocycles. The fourth-order valence-electron chi connectivity index (χ4n) is 3.79. The molecule has 0 unspecified atom stereocenters. The Kier molecular flexibility index (Phi) is 5.99. The number of aromatic nitrogens is 3. The highest BCUT2D eigenvalue weighted by atomic mass is 32.2. The van der Waals surface area contributed by atoms with Crippen LogP contribution in [0, 0.1) is 12.8 Å². The topological polar surface area (TPSA) is 84.2 Å². The van der Waals surface area contributed by atoms with Crippen molar-refractivity contribution in [1.29, 1.82) is 0 Å². The van der Waals surface area contributed by atoms with Crippen molar-refractivity contribution in [3.8, 4) is 0 Å². The smallest absolute Gasteiger partial charge is 0.263 e. The molecule has 3 heterocycles. The Morgan fingerprint density at radius 1 is 1.31 bits per heavy atom. The molecule has 2 aromatic heterocycles. The van der Waals surface area contributed by atoms with Crippen molar-refractivity contribution >= 4 is 34.6 Å². The summed E-state index contributed by atoms with van der Waals surface area (Å²) >= 11 is 1.73. The van der Waals surface area contributed by atoms with Crippen LogP contribution in [-0.4, -0.2) is 46.9 Å². The van der Waals surface area contributed by atoms with Gasteiger partial charge in [-0.05, 0) is 50.1 Å². The number of benzene rings is 1. The number of nitrogens with zero attached hydrogens (tertiary/aromatic N) is 4. The molecule has 0 spiro atoms. The van der Waals surface area contributed by atoms with Crippen molar-refractivity contribution in [2.75, 3.05) is 30.8 Å². The SMILES string of the molecule is CSc1ccc(CCNC(=O)[C@@H]2CCCN(c3ncnc4onc(C)c34)C2)cc1. The first-order chi connectivity index (χ1) is 14.2. The molecule has 1 saturated heterocycles. The molecule has 1 aliphatic heterocycles. The van der Waals surface area contributed by atoms with Gasteiger partial charge in [-0.2, -0.15) is 4.98 Å². The molecule has 3 aromatic rings. The van der Waals surface area contributed by atoms with Gasteiger partial charge >= 0.3 is 0 Å². The van der Waals surface area contributed by atoms with Crippen LogP contribution in [0.2, 0.25) is 0 Å². The van der Waals surface area contributed by atoms with Crippen molar-refractivity contribution in [3.05, 3.63) is 41.9 Å². The predicted octanol–water partition coefficient (Wildman–Crippen LogP) is 3.22. The molecule has 7 nitrogen and oxygen atoms in total. The highest BCUT2D eigenvalue weighted by molar-refractivity contribution is 7.98. The molecule has 1 aliphatic rings. The summed E-state index contributed by atoms with van der Waals surface area (Å²) in [5.41, 5.74) is 2.50. The second-order valence-corrected chi connectivity index (χ2v) is 8.20. The van der Waals surface area contributed by atoms with Crippen LogP contribution in [0.3, 0.4) is 0 Å². The molecule has 1 atom stereocenters. The number of thioether (sulfide) groups is 1. The highest BCUT2D eigenvalue weighted by Gasteiger charge is 2.28. The Morgan fingerprint density at radius 2 is 2.14 bits per heavy atom. The lowest BCUT2D eigenvalue weighted by molar-refractivity contribution is -0.125. The molecule has 1 fully saturated rings. The Morgan fingerprint density at radius 3 is 2.93 bits per heavy atom. The fourth-order valence-corrected chi connectivity index (χ4v) is 4.20. The van der Waals surface area contributed by atoms with Crippen LogP contribution >= 0.6 is 11.8 Å². The van der Waals surface area contributed by atoms with Crippen LogP contribution in [-0.2, 0) is 11.2 Å². The lowest BCUT2D eigenvalue weighted by Gasteiger charge is -2.33. The van der Waals surface area contributed by atoms with E-state index in [1.807, 2.05) is 6.92 Å². The van der Waals surface area contributed by atoms with E-state index in [0.29, 0.717) is 18.8 Å². The van der Waals surface area contributed by atoms with E-state index in [1.165, 1.54) is 16.8 Å². The molecule has 0 aliphatic carbocycles. The lowest BCUT2D eigenvalue weighted by Crippen LogP contribution is -2.43. The highest BCUT2D eigenvalue weighted by Crippen LogP contribution is 2.29. The number of carbonyl (C=O) groups is 1. The summed E-state index contributed by atoms with van der Waals surface area (Å²) in [5, 5.41) is 7.95. The zero-order valence-electron chi connectivity index (χ0n) is 16.7. The van der Waals surface area contributed by atoms with Gasteiger partial charge in [0.1, 0.15) is 17.5 Å². The first kappa shape index (κ1) is 19.7. The van der Waals surface area contributed by atoms with Gasteiger partial charge in [0, 0.05) is 24.5 Å². The molecule has 8 heteroatoms. The molecule has 0 bridgehead atoms. The van der Waals surface area contributed by atoms with E-state index in [-0.39, 0.29) is 11.8 Å². The van der Waals surface area contributed by atoms with Gasteiger partial charge in [-0.3, -0.25) is 4.79 Å². The van der Waals surface area contributed by atoms with Crippen molar-refractivity contribution in [2.24, 2.45) is 5.92 Å². The molecule has 0 radical (unpaired) electrons. The van der Waals surface area contributed by atoms with E-state index in [2.05, 4.69) is 55.9 Å². The van der Waals surface area contributed by atoms with Gasteiger partial charge in [-0.1, -0.05) is 17.3 Å². The second kappa shape index (κ2) is 8.82. The first-order valence-corrected chi connectivity index (χ1v) is 11.1. The van der Waals surface area contributed by atoms with Crippen molar-refractivity contribution in [1.82, 2.24) is 20.4 Å². The summed E-state index contributed by atoms with van der Waals surface area (Å²) in [4.78, 5) is 24.7. The molecular weight excluding hydrogens is 386 g/mol. The monoisotopic (exact) mass is 411 g/mol. The standard InChI is InChI=1S/C21H25N5O2S/c1-14-18-19(23-13-24-21(18)28-25-14)26-11-3-4-16(12-26)20(27)22-10-9-15-5-7-17(29-2)8-6-15/h5-8,13,16H,3-4,9-12H2,1-2H3,(H,22,27)/t16-/m1/s1. The number of rotatable bonds is 6. The van der Waals surface area contributed by atoms with Crippen LogP contribution in [0.25, 0.3) is 11.1 Å². The molecule has 29 heavy (non-hydrogen) atoms. The van der Waals surface area contributed by atoms with Gasteiger partial charge in [-0.25, -0.2) is 4.98 Å². The van der Waals surface area contributed by atoms with Gasteiger partial charge in [0.25, 0.3) is 5.71 Å². The van der Waals surface area contributed by atoms with Crippen molar-refractivity contribution in [2.45, 2.75) is 31.1 Å². The van der Waals surface area contributed by atoms with Gasteiger partial charge < -0.3 is 14.7 Å². The number of hydrogen-bond acceptors (Lipinski definition) is 7. The van der Waals surface area contributed by atoms with Crippen LogP contribution < -0.4 is 10.2 Å². The molecule has 1 N–H and O–H groups in total. The number of anilines is 1. The Balaban J connectivity index is 1.36. The van der Waals surface area contributed by atoms with E-state index in [1.54, 1.807) is 11.8 Å². The van der Waals surface area contributed by atoms with Gasteiger partial charge in [0.15, 0.2) is 0 Å². The summed E-state index contributed by atoms with van der Waals surface area (Å²) < 4.78 is 5.26. The third-order valence-electron chi connectivity index (χ3n) is 5.39. The molecule has 0 saturated carbocycles. The maximum atomic E-state index is 12.7. The van der Waals surface area contributed by atoms with Gasteiger partial charge in [0.2, 0.25) is 5.91 Å². The Hall–Kier alpha value is -2.61. The van der Waals surface area contributed by atoms with Crippen molar-refractivity contribution < 1.29 is 9.32 Å². The first-order valence-electron chi connectivity index (χ1n) is 9.88. The van der Waals surface area contributed by atoms with Crippen LogP contribution in [0.15, 0.2) is 40.0 Å². The third kappa shape index (κ3) is 4.37. The van der Waals surface area contributed by atoms with E-state index in [4.69, 9.17) is 4.52 Å². The lowest BCUT2D eigenvalue weighted by atomic mass is 9.96. The summed E-state index contributed by atoms with van der Waals surface area (Å²) in [6.45, 7) is 4.04. The number of carbonyl (C=O) groups excluding carboxylic acids is 1. The summed E-state index contributed by atoms with van der Waals surface area (Å²) in [6, 6.07) is 8.50. The zero-order valence-corrected chi connectivity index (χ0v) is 17.5. The van der Waals surface area contributed by atoms with Gasteiger partial charge in [0.05, 0.1) is 11.6 Å². The predicted molar refractivity (Wildman–Crippen MR) is 114 cm³/mol. The largest absolute Gasteiger partial charge is 0.355 e. The van der Waals surface area contributed by atoms with Crippen LogP contribution in [0.4, 0.5) is 5.82 Å². The number of fused-ring (bicyclic) bond motifs is 1. The average Bonchev–Trinajstić information content (AvgIpc) is 3.15. The Labute approximate surface area is 174 Å². The van der Waals surface area contributed by atoms with E-state index >= 15 is 0 Å². The van der Waals surface area contributed by atoms with Crippen molar-refractivity contribution in [3.63, 3.8) is 0 Å². The molecular formula is C21H25N5O2S. The van der Waals surface area contributed by atoms with Crippen LogP contribution in [0.5, 0.6) is 0 Å². The van der Waals surface area contributed by atoms with E-state index in [9.17, 15) is 4.79 Å². The summed E-state index contributed by atoms with van der Waals surface area (Å²) in [7, 11) is 0. The van der Waals surface area contributed by atoms with Gasteiger partial charge in [-0.15, -0.1) is 11.8 Å². The summed E-state index contributed by atoms with van der Waals surface area (Å²) in [5.74, 6) is 0.871. The van der Waals surface area contributed by atoms with E-state index in [0.717, 1.165) is 42.7 Å². The number of nitrogens with one attached hydrogen (secondary N) is 1. The van der Waals surface area contributed by atoms with E-state index < -0.39 is 0 Å². The molecule has 152 valence electrons. The normalized spacial score (nSPS) is 16.9. The number of hydrogen-bond donors (Lipinski definition) is 1. The number of amides is 1. The summed E-state index contributed by atoms with van der Waals surface area (Å²) in [6.07, 6.45) is 6.24. The Bertz CT molecular complexity index is 988. The molecule has 1 amide bonds. The molecule has 4 rings (SSSR count). The number of aryl methyl sites for hydroxylation is 1.